The first-order chi connectivity index (χ1) is 17.4. The van der Waals surface area contributed by atoms with Crippen LogP contribution >= 0.6 is 0 Å². The molecule has 0 unspecified atom stereocenters. The summed E-state index contributed by atoms with van der Waals surface area (Å²) in [5, 5.41) is 21.2. The summed E-state index contributed by atoms with van der Waals surface area (Å²) in [5.74, 6) is -1.09. The summed E-state index contributed by atoms with van der Waals surface area (Å²) in [6.07, 6.45) is 3.41. The highest BCUT2D eigenvalue weighted by atomic mass is 19.1. The van der Waals surface area contributed by atoms with Crippen molar-refractivity contribution in [3.63, 3.8) is 0 Å². The Hall–Kier alpha value is -4.19. The molecule has 12 heteroatoms. The lowest BCUT2D eigenvalue weighted by molar-refractivity contribution is -0.132. The van der Waals surface area contributed by atoms with Crippen LogP contribution in [0, 0.1) is 11.6 Å². The highest BCUT2D eigenvalue weighted by Gasteiger charge is 2.49. The van der Waals surface area contributed by atoms with E-state index in [2.05, 4.69) is 25.5 Å². The standard InChI is InChI=1S/C24H21F2N7O3/c25-16-4-2-1-3-14(16)11-33-20(18-5-8-36-31-18)9-19(30-33)21-27-10-17(26)22(29-21)32-12-15(13-32)28-23(34)24(35)6-7-24/h1-5,8-10,15,35H,6-7,11-13H2,(H,28,34). The first kappa shape index (κ1) is 22.3. The van der Waals surface area contributed by atoms with Gasteiger partial charge < -0.3 is 19.8 Å². The molecule has 0 radical (unpaired) electrons. The first-order valence-corrected chi connectivity index (χ1v) is 11.4. The summed E-state index contributed by atoms with van der Waals surface area (Å²) in [4.78, 5) is 22.2. The number of anilines is 1. The Kier molecular flexibility index (Phi) is 5.25. The van der Waals surface area contributed by atoms with Crippen molar-refractivity contribution in [3.8, 4) is 22.9 Å². The number of amides is 1. The lowest BCUT2D eigenvalue weighted by Crippen LogP contribution is -2.61. The Morgan fingerprint density at radius 1 is 1.17 bits per heavy atom. The lowest BCUT2D eigenvalue weighted by Gasteiger charge is -2.40. The van der Waals surface area contributed by atoms with Crippen LogP contribution in [0.4, 0.5) is 14.6 Å². The average molecular weight is 493 g/mol. The summed E-state index contributed by atoms with van der Waals surface area (Å²) in [6.45, 7) is 0.824. The largest absolute Gasteiger partial charge is 0.380 e. The van der Waals surface area contributed by atoms with Crippen molar-refractivity contribution in [3.05, 3.63) is 66.1 Å². The second-order valence-corrected chi connectivity index (χ2v) is 9.02. The number of rotatable bonds is 7. The van der Waals surface area contributed by atoms with Gasteiger partial charge in [0.1, 0.15) is 29.1 Å². The number of carbonyl (C=O) groups is 1. The van der Waals surface area contributed by atoms with Crippen molar-refractivity contribution < 1.29 is 23.2 Å². The zero-order chi connectivity index (χ0) is 24.9. The maximum Gasteiger partial charge on any atom is 0.252 e. The van der Waals surface area contributed by atoms with Gasteiger partial charge in [0.2, 0.25) is 0 Å². The van der Waals surface area contributed by atoms with Gasteiger partial charge in [-0.15, -0.1) is 0 Å². The number of hydrogen-bond donors (Lipinski definition) is 2. The van der Waals surface area contributed by atoms with Crippen LogP contribution in [0.5, 0.6) is 0 Å². The van der Waals surface area contributed by atoms with E-state index < -0.39 is 17.3 Å². The second-order valence-electron chi connectivity index (χ2n) is 9.02. The van der Waals surface area contributed by atoms with Gasteiger partial charge in [0.05, 0.1) is 24.5 Å². The average Bonchev–Trinajstić information content (AvgIpc) is 3.22. The molecule has 0 spiro atoms. The number of benzene rings is 1. The van der Waals surface area contributed by atoms with Gasteiger partial charge >= 0.3 is 0 Å². The van der Waals surface area contributed by atoms with E-state index in [1.807, 2.05) is 0 Å². The van der Waals surface area contributed by atoms with E-state index in [1.54, 1.807) is 39.9 Å². The van der Waals surface area contributed by atoms with Gasteiger partial charge in [0, 0.05) is 24.7 Å². The quantitative estimate of drug-likeness (QED) is 0.402. The predicted octanol–water partition coefficient (Wildman–Crippen LogP) is 2.15. The third kappa shape index (κ3) is 4.09. The fraction of sp³-hybridized carbons (Fsp3) is 0.292. The fourth-order valence-corrected chi connectivity index (χ4v) is 4.10. The normalized spacial score (nSPS) is 16.6. The molecule has 2 N–H and O–H groups in total. The van der Waals surface area contributed by atoms with Crippen LogP contribution in [-0.4, -0.2) is 60.7 Å². The third-order valence-electron chi connectivity index (χ3n) is 6.38. The van der Waals surface area contributed by atoms with E-state index in [4.69, 9.17) is 4.52 Å². The minimum atomic E-state index is -1.25. The van der Waals surface area contributed by atoms with Gasteiger partial charge in [-0.2, -0.15) is 5.10 Å². The molecule has 1 aromatic carbocycles. The van der Waals surface area contributed by atoms with Gasteiger partial charge in [-0.25, -0.2) is 18.7 Å². The number of aromatic nitrogens is 5. The molecule has 1 aliphatic carbocycles. The maximum atomic E-state index is 14.6. The van der Waals surface area contributed by atoms with Crippen LogP contribution in [0.25, 0.3) is 22.9 Å². The molecule has 1 aliphatic heterocycles. The SMILES string of the molecule is O=C(NC1CN(c2nc(-c3cc(-c4ccon4)n(Cc4ccccc4F)n3)ncc2F)C1)C1(O)CC1. The molecule has 0 atom stereocenters. The van der Waals surface area contributed by atoms with E-state index in [-0.39, 0.29) is 30.0 Å². The highest BCUT2D eigenvalue weighted by molar-refractivity contribution is 5.88. The van der Waals surface area contributed by atoms with Crippen molar-refractivity contribution in [1.29, 1.82) is 0 Å². The minimum absolute atomic E-state index is 0.0854. The monoisotopic (exact) mass is 493 g/mol. The third-order valence-corrected chi connectivity index (χ3v) is 6.38. The summed E-state index contributed by atoms with van der Waals surface area (Å²) in [5.41, 5.74) is 0.581. The first-order valence-electron chi connectivity index (χ1n) is 11.4. The van der Waals surface area contributed by atoms with Crippen molar-refractivity contribution in [2.45, 2.75) is 31.0 Å². The molecule has 4 heterocycles. The van der Waals surface area contributed by atoms with Crippen molar-refractivity contribution >= 4 is 11.7 Å². The summed E-state index contributed by atoms with van der Waals surface area (Å²) < 4.78 is 35.4. The topological polar surface area (TPSA) is 122 Å². The Morgan fingerprint density at radius 3 is 2.69 bits per heavy atom. The second kappa shape index (κ2) is 8.48. The van der Waals surface area contributed by atoms with Gasteiger partial charge in [-0.05, 0) is 25.0 Å². The van der Waals surface area contributed by atoms with E-state index in [0.29, 0.717) is 48.6 Å². The number of nitrogens with one attached hydrogen (secondary N) is 1. The van der Waals surface area contributed by atoms with Gasteiger partial charge in [0.15, 0.2) is 17.5 Å². The van der Waals surface area contributed by atoms with E-state index in [9.17, 15) is 18.7 Å². The van der Waals surface area contributed by atoms with E-state index >= 15 is 0 Å². The zero-order valence-corrected chi connectivity index (χ0v) is 18.9. The van der Waals surface area contributed by atoms with Crippen LogP contribution < -0.4 is 10.2 Å². The predicted molar refractivity (Wildman–Crippen MR) is 123 cm³/mol. The molecule has 10 nitrogen and oxygen atoms in total. The molecular weight excluding hydrogens is 472 g/mol. The number of hydrogen-bond acceptors (Lipinski definition) is 8. The smallest absolute Gasteiger partial charge is 0.252 e. The Bertz CT molecular complexity index is 1430. The molecule has 1 saturated carbocycles. The van der Waals surface area contributed by atoms with Gasteiger partial charge in [-0.1, -0.05) is 23.4 Å². The number of halogens is 2. The Morgan fingerprint density at radius 2 is 1.97 bits per heavy atom. The molecule has 2 aliphatic rings. The molecule has 6 rings (SSSR count). The van der Waals surface area contributed by atoms with Gasteiger partial charge in [0.25, 0.3) is 5.91 Å². The van der Waals surface area contributed by atoms with Crippen molar-refractivity contribution in [1.82, 2.24) is 30.2 Å². The van der Waals surface area contributed by atoms with Gasteiger partial charge in [-0.3, -0.25) is 9.48 Å². The zero-order valence-electron chi connectivity index (χ0n) is 18.9. The summed E-state index contributed by atoms with van der Waals surface area (Å²) in [6, 6.07) is 9.52. The molecule has 184 valence electrons. The molecule has 36 heavy (non-hydrogen) atoms. The Balaban J connectivity index is 1.26. The van der Waals surface area contributed by atoms with Crippen LogP contribution in [-0.2, 0) is 11.3 Å². The number of aliphatic hydroxyl groups is 1. The number of carbonyl (C=O) groups excluding carboxylic acids is 1. The summed E-state index contributed by atoms with van der Waals surface area (Å²) in [7, 11) is 0. The minimum Gasteiger partial charge on any atom is -0.380 e. The van der Waals surface area contributed by atoms with Crippen LogP contribution in [0.3, 0.4) is 0 Å². The number of nitrogens with zero attached hydrogens (tertiary/aromatic N) is 6. The van der Waals surface area contributed by atoms with Crippen molar-refractivity contribution in [2.24, 2.45) is 0 Å². The molecule has 1 saturated heterocycles. The fourth-order valence-electron chi connectivity index (χ4n) is 4.10. The molecule has 3 aromatic heterocycles. The molecule has 2 fully saturated rings. The molecular formula is C24H21F2N7O3. The van der Waals surface area contributed by atoms with Crippen LogP contribution in [0.1, 0.15) is 18.4 Å². The van der Waals surface area contributed by atoms with Crippen LogP contribution in [0.15, 0.2) is 53.4 Å². The molecule has 0 bridgehead atoms. The van der Waals surface area contributed by atoms with Crippen molar-refractivity contribution in [2.75, 3.05) is 18.0 Å². The van der Waals surface area contributed by atoms with Crippen LogP contribution in [0.2, 0.25) is 0 Å². The Labute approximate surface area is 203 Å². The summed E-state index contributed by atoms with van der Waals surface area (Å²) >= 11 is 0. The highest BCUT2D eigenvalue weighted by Crippen LogP contribution is 2.35. The van der Waals surface area contributed by atoms with E-state index in [0.717, 1.165) is 6.20 Å². The molecule has 1 amide bonds. The lowest BCUT2D eigenvalue weighted by atomic mass is 10.1. The maximum absolute atomic E-state index is 14.6. The molecule has 4 aromatic rings. The van der Waals surface area contributed by atoms with E-state index in [1.165, 1.54) is 12.3 Å².